The van der Waals surface area contributed by atoms with Crippen molar-refractivity contribution in [3.05, 3.63) is 146 Å². The van der Waals surface area contributed by atoms with Gasteiger partial charge < -0.3 is 29.6 Å². The first kappa shape index (κ1) is 47.0. The van der Waals surface area contributed by atoms with Gasteiger partial charge in [0.1, 0.15) is 33.4 Å². The summed E-state index contributed by atoms with van der Waals surface area (Å²) in [6, 6.07) is 23.0. The first-order valence-corrected chi connectivity index (χ1v) is 19.8. The first-order valence-electron chi connectivity index (χ1n) is 18.7. The van der Waals surface area contributed by atoms with Gasteiger partial charge in [-0.3, -0.25) is 9.59 Å². The van der Waals surface area contributed by atoms with Crippen LogP contribution in [0.4, 0.5) is 0 Å². The Hall–Kier alpha value is -5.69. The number of rotatable bonds is 11. The molecule has 0 radical (unpaired) electrons. The van der Waals surface area contributed by atoms with E-state index in [0.717, 1.165) is 11.1 Å². The number of carbonyl (C=O) groups excluding carboxylic acids is 4. The van der Waals surface area contributed by atoms with E-state index in [-0.39, 0.29) is 40.2 Å². The molecule has 0 bridgehead atoms. The zero-order valence-corrected chi connectivity index (χ0v) is 37.0. The molecule has 5 aromatic rings. The molecule has 2 N–H and O–H groups in total. The molecule has 2 heterocycles. The van der Waals surface area contributed by atoms with Crippen molar-refractivity contribution < 1.29 is 38.1 Å². The lowest BCUT2D eigenvalue weighted by molar-refractivity contribution is 0.00570. The Balaban J connectivity index is 0.000000275. The number of amides is 2. The molecular weight excluding hydrogens is 831 g/mol. The van der Waals surface area contributed by atoms with E-state index in [1.807, 2.05) is 55.4 Å². The van der Waals surface area contributed by atoms with Crippen molar-refractivity contribution >= 4 is 58.6 Å². The van der Waals surface area contributed by atoms with Crippen LogP contribution < -0.4 is 20.1 Å². The predicted octanol–water partition coefficient (Wildman–Crippen LogP) is 10.8. The highest BCUT2D eigenvalue weighted by atomic mass is 35.5. The SMILES string of the molecule is COc1cccc(Oc2ncc(Cl)cc2C(=O)N[C@@H](C)c2ccc(C(=O)OC(C)(C)C)cc2)c1.C[C@H](NC(=O)c1cc(Cl)cnc1Cl)c1ccc(C(=O)OC(C)(C)C)cc1. The second kappa shape index (κ2) is 20.5. The van der Waals surface area contributed by atoms with Gasteiger partial charge >= 0.3 is 11.9 Å². The quantitative estimate of drug-likeness (QED) is 0.0967. The molecule has 0 unspecified atom stereocenters. The summed E-state index contributed by atoms with van der Waals surface area (Å²) in [6.07, 6.45) is 2.78. The number of nitrogens with zero attached hydrogens (tertiary/aromatic N) is 2. The number of esters is 2. The van der Waals surface area contributed by atoms with Crippen molar-refractivity contribution in [3.63, 3.8) is 0 Å². The van der Waals surface area contributed by atoms with Crippen LogP contribution >= 0.6 is 34.8 Å². The summed E-state index contributed by atoms with van der Waals surface area (Å²) in [5, 5.41) is 6.46. The molecule has 316 valence electrons. The van der Waals surface area contributed by atoms with E-state index in [1.54, 1.807) is 79.9 Å². The van der Waals surface area contributed by atoms with E-state index in [9.17, 15) is 19.2 Å². The molecule has 0 aliphatic carbocycles. The van der Waals surface area contributed by atoms with E-state index in [1.165, 1.54) is 24.5 Å². The first-order chi connectivity index (χ1) is 28.1. The van der Waals surface area contributed by atoms with Gasteiger partial charge in [-0.2, -0.15) is 0 Å². The molecule has 0 aliphatic rings. The van der Waals surface area contributed by atoms with Gasteiger partial charge in [-0.1, -0.05) is 65.1 Å². The Morgan fingerprint density at radius 2 is 1.03 bits per heavy atom. The van der Waals surface area contributed by atoms with Crippen molar-refractivity contribution in [1.29, 1.82) is 0 Å². The zero-order chi connectivity index (χ0) is 44.4. The zero-order valence-electron chi connectivity index (χ0n) is 34.7. The third kappa shape index (κ3) is 14.2. The highest BCUT2D eigenvalue weighted by Crippen LogP contribution is 2.29. The average Bonchev–Trinajstić information content (AvgIpc) is 3.18. The van der Waals surface area contributed by atoms with Gasteiger partial charge in [-0.25, -0.2) is 19.6 Å². The fourth-order valence-electron chi connectivity index (χ4n) is 5.23. The summed E-state index contributed by atoms with van der Waals surface area (Å²) in [5.41, 5.74) is 1.79. The normalized spacial score (nSPS) is 12.1. The molecule has 3 aromatic carbocycles. The lowest BCUT2D eigenvalue weighted by Crippen LogP contribution is -2.27. The molecule has 12 nitrogen and oxygen atoms in total. The Labute approximate surface area is 364 Å². The van der Waals surface area contributed by atoms with E-state index in [2.05, 4.69) is 20.6 Å². The Morgan fingerprint density at radius 1 is 0.600 bits per heavy atom. The molecule has 15 heteroatoms. The predicted molar refractivity (Wildman–Crippen MR) is 232 cm³/mol. The minimum Gasteiger partial charge on any atom is -0.497 e. The second-order valence-electron chi connectivity index (χ2n) is 15.4. The van der Waals surface area contributed by atoms with Gasteiger partial charge in [0.05, 0.1) is 45.9 Å². The van der Waals surface area contributed by atoms with Crippen LogP contribution in [-0.4, -0.2) is 52.0 Å². The Kier molecular flexibility index (Phi) is 16.1. The van der Waals surface area contributed by atoms with Crippen LogP contribution in [0.3, 0.4) is 0 Å². The standard InChI is InChI=1S/C26H27ClN2O5.C19H20Cl2N2O3/c1-16(17-9-11-18(12-10-17)25(31)34-26(2,3)4)29-23(30)22-13-19(27)15-28-24(22)33-21-8-6-7-20(14-21)32-5;1-11(23-17(24)15-9-14(20)10-22-16(15)21)12-5-7-13(8-6-12)18(25)26-19(2,3)4/h6-16H,1-5H3,(H,29,30);5-11H,1-4H3,(H,23,24)/t16-;11-/m00/s1. The van der Waals surface area contributed by atoms with E-state index >= 15 is 0 Å². The second-order valence-corrected chi connectivity index (χ2v) is 16.6. The van der Waals surface area contributed by atoms with Gasteiger partial charge in [0.2, 0.25) is 5.88 Å². The number of hydrogen-bond acceptors (Lipinski definition) is 10. The van der Waals surface area contributed by atoms with Crippen molar-refractivity contribution in [3.8, 4) is 17.4 Å². The van der Waals surface area contributed by atoms with Crippen LogP contribution in [0.1, 0.15) is 120 Å². The number of benzene rings is 3. The monoisotopic (exact) mass is 876 g/mol. The van der Waals surface area contributed by atoms with Gasteiger partial charge in [-0.05, 0) is 115 Å². The fraction of sp³-hybridized carbons (Fsp3) is 0.289. The third-order valence-electron chi connectivity index (χ3n) is 8.15. The maximum Gasteiger partial charge on any atom is 0.338 e. The summed E-state index contributed by atoms with van der Waals surface area (Å²) < 4.78 is 21.8. The lowest BCUT2D eigenvalue weighted by atomic mass is 10.1. The molecule has 0 aliphatic heterocycles. The van der Waals surface area contributed by atoms with Crippen LogP contribution in [-0.2, 0) is 9.47 Å². The molecule has 2 aromatic heterocycles. The lowest BCUT2D eigenvalue weighted by Gasteiger charge is -2.20. The summed E-state index contributed by atoms with van der Waals surface area (Å²) in [4.78, 5) is 57.7. The van der Waals surface area contributed by atoms with Crippen LogP contribution in [0, 0.1) is 0 Å². The van der Waals surface area contributed by atoms with Gasteiger partial charge in [-0.15, -0.1) is 0 Å². The number of hydrogen-bond donors (Lipinski definition) is 2. The van der Waals surface area contributed by atoms with Crippen LogP contribution in [0.2, 0.25) is 15.2 Å². The number of carbonyl (C=O) groups is 4. The summed E-state index contributed by atoms with van der Waals surface area (Å²) in [5.74, 6) is -0.388. The topological polar surface area (TPSA) is 155 Å². The molecule has 5 rings (SSSR count). The van der Waals surface area contributed by atoms with E-state index in [0.29, 0.717) is 32.7 Å². The number of aromatic nitrogens is 2. The molecule has 0 saturated heterocycles. The number of nitrogens with one attached hydrogen (secondary N) is 2. The molecular formula is C45H47Cl3N4O8. The number of pyridine rings is 2. The fourth-order valence-corrected chi connectivity index (χ4v) is 5.74. The van der Waals surface area contributed by atoms with Crippen LogP contribution in [0.5, 0.6) is 17.4 Å². The van der Waals surface area contributed by atoms with Gasteiger partial charge in [0.15, 0.2) is 0 Å². The number of methoxy groups -OCH3 is 1. The highest BCUT2D eigenvalue weighted by molar-refractivity contribution is 6.34. The Bertz CT molecular complexity index is 2310. The van der Waals surface area contributed by atoms with Crippen molar-refractivity contribution in [2.75, 3.05) is 7.11 Å². The van der Waals surface area contributed by atoms with Crippen molar-refractivity contribution in [2.24, 2.45) is 0 Å². The minimum absolute atomic E-state index is 0.0828. The molecule has 0 fully saturated rings. The third-order valence-corrected chi connectivity index (χ3v) is 8.87. The molecule has 60 heavy (non-hydrogen) atoms. The smallest absolute Gasteiger partial charge is 0.338 e. The van der Waals surface area contributed by atoms with Crippen molar-refractivity contribution in [2.45, 2.75) is 78.7 Å². The number of ether oxygens (including phenoxy) is 4. The van der Waals surface area contributed by atoms with E-state index < -0.39 is 29.0 Å². The maximum absolute atomic E-state index is 13.1. The summed E-state index contributed by atoms with van der Waals surface area (Å²) >= 11 is 17.9. The molecule has 0 spiro atoms. The average molecular weight is 878 g/mol. The maximum atomic E-state index is 13.1. The van der Waals surface area contributed by atoms with Gasteiger partial charge in [0, 0.05) is 18.5 Å². The Morgan fingerprint density at radius 3 is 1.50 bits per heavy atom. The van der Waals surface area contributed by atoms with Crippen LogP contribution in [0.25, 0.3) is 0 Å². The van der Waals surface area contributed by atoms with Gasteiger partial charge in [0.25, 0.3) is 11.8 Å². The summed E-state index contributed by atoms with van der Waals surface area (Å²) in [6.45, 7) is 14.5. The molecule has 2 atom stereocenters. The molecule has 0 saturated carbocycles. The minimum atomic E-state index is -0.577. The van der Waals surface area contributed by atoms with Crippen LogP contribution in [0.15, 0.2) is 97.3 Å². The van der Waals surface area contributed by atoms with Crippen molar-refractivity contribution in [1.82, 2.24) is 20.6 Å². The largest absolute Gasteiger partial charge is 0.497 e. The molecule has 2 amide bonds. The summed E-state index contributed by atoms with van der Waals surface area (Å²) in [7, 11) is 1.56. The number of halogens is 3. The van der Waals surface area contributed by atoms with E-state index in [4.69, 9.17) is 53.8 Å². The highest BCUT2D eigenvalue weighted by Gasteiger charge is 2.22.